The zero-order valence-corrected chi connectivity index (χ0v) is 13.1. The average molecular weight is 316 g/mol. The van der Waals surface area contributed by atoms with Crippen molar-refractivity contribution in [2.24, 2.45) is 7.05 Å². The monoisotopic (exact) mass is 316 g/mol. The molecule has 0 saturated heterocycles. The number of benzene rings is 1. The molecular weight excluding hydrogens is 299 g/mol. The van der Waals surface area contributed by atoms with Crippen molar-refractivity contribution in [1.29, 1.82) is 0 Å². The maximum absolute atomic E-state index is 12.9. The molecule has 114 valence electrons. The van der Waals surface area contributed by atoms with Crippen molar-refractivity contribution in [3.05, 3.63) is 53.4 Å². The zero-order valence-electron chi connectivity index (χ0n) is 12.3. The summed E-state index contributed by atoms with van der Waals surface area (Å²) in [7, 11) is 1.92. The minimum Gasteiger partial charge on any atom is -0.361 e. The minimum atomic E-state index is -0.229. The molecule has 4 nitrogen and oxygen atoms in total. The fourth-order valence-electron chi connectivity index (χ4n) is 2.20. The molecule has 0 radical (unpaired) electrons. The smallest absolute Gasteiger partial charge is 0.183 e. The molecule has 22 heavy (non-hydrogen) atoms. The van der Waals surface area contributed by atoms with Gasteiger partial charge in [-0.1, -0.05) is 0 Å². The molecule has 0 spiro atoms. The quantitative estimate of drug-likeness (QED) is 0.705. The highest BCUT2D eigenvalue weighted by atomic mass is 32.1. The van der Waals surface area contributed by atoms with Crippen molar-refractivity contribution in [2.45, 2.75) is 12.8 Å². The molecular formula is C16H17FN4S. The van der Waals surface area contributed by atoms with Crippen LogP contribution in [0.1, 0.15) is 12.0 Å². The molecule has 1 aromatic carbocycles. The summed E-state index contributed by atoms with van der Waals surface area (Å²) >= 11 is 1.57. The van der Waals surface area contributed by atoms with Crippen LogP contribution in [0.2, 0.25) is 0 Å². The number of rotatable bonds is 6. The number of nitrogens with zero attached hydrogens (tertiary/aromatic N) is 3. The normalized spacial score (nSPS) is 10.8. The highest BCUT2D eigenvalue weighted by Gasteiger charge is 2.04. The Hall–Kier alpha value is -2.21. The Morgan fingerprint density at radius 2 is 2.09 bits per heavy atom. The zero-order chi connectivity index (χ0) is 15.4. The van der Waals surface area contributed by atoms with Crippen LogP contribution in [-0.2, 0) is 13.5 Å². The molecule has 3 aromatic rings. The Balaban J connectivity index is 1.50. The number of thiazole rings is 1. The lowest BCUT2D eigenvalue weighted by Crippen LogP contribution is -2.02. The lowest BCUT2D eigenvalue weighted by molar-refractivity contribution is 0.628. The van der Waals surface area contributed by atoms with Gasteiger partial charge in [-0.05, 0) is 42.7 Å². The first-order valence-electron chi connectivity index (χ1n) is 7.13. The summed E-state index contributed by atoms with van der Waals surface area (Å²) in [6, 6.07) is 6.40. The Kier molecular flexibility index (Phi) is 4.48. The number of hydrogen-bond acceptors (Lipinski definition) is 4. The van der Waals surface area contributed by atoms with E-state index in [1.165, 1.54) is 17.7 Å². The van der Waals surface area contributed by atoms with E-state index in [4.69, 9.17) is 0 Å². The SMILES string of the molecule is Cn1cc(CCCNc2nc(-c3ccc(F)cc3)cs2)cn1. The summed E-state index contributed by atoms with van der Waals surface area (Å²) in [4.78, 5) is 4.53. The van der Waals surface area contributed by atoms with Crippen LogP contribution in [0.25, 0.3) is 11.3 Å². The first-order valence-corrected chi connectivity index (χ1v) is 8.01. The lowest BCUT2D eigenvalue weighted by Gasteiger charge is -2.01. The average Bonchev–Trinajstić information content (AvgIpc) is 3.14. The van der Waals surface area contributed by atoms with E-state index in [2.05, 4.69) is 15.4 Å². The Labute approximate surface area is 132 Å². The standard InChI is InChI=1S/C16H17FN4S/c1-21-10-12(9-19-21)3-2-8-18-16-20-15(11-22-16)13-4-6-14(17)7-5-13/h4-7,9-11H,2-3,8H2,1H3,(H,18,20). The van der Waals surface area contributed by atoms with Crippen molar-refractivity contribution in [3.8, 4) is 11.3 Å². The second-order valence-corrected chi connectivity index (χ2v) is 5.96. The van der Waals surface area contributed by atoms with Gasteiger partial charge >= 0.3 is 0 Å². The molecule has 0 aliphatic carbocycles. The third-order valence-corrected chi connectivity index (χ3v) is 4.12. The number of anilines is 1. The highest BCUT2D eigenvalue weighted by Crippen LogP contribution is 2.24. The molecule has 0 atom stereocenters. The predicted octanol–water partition coefficient (Wildman–Crippen LogP) is 3.73. The Morgan fingerprint density at radius 1 is 1.27 bits per heavy atom. The van der Waals surface area contributed by atoms with Gasteiger partial charge in [0.15, 0.2) is 5.13 Å². The molecule has 0 bridgehead atoms. The first-order chi connectivity index (χ1) is 10.7. The molecule has 0 saturated carbocycles. The molecule has 1 N–H and O–H groups in total. The molecule has 3 rings (SSSR count). The van der Waals surface area contributed by atoms with Crippen molar-refractivity contribution >= 4 is 16.5 Å². The van der Waals surface area contributed by atoms with E-state index >= 15 is 0 Å². The van der Waals surface area contributed by atoms with Gasteiger partial charge in [-0.25, -0.2) is 9.37 Å². The summed E-state index contributed by atoms with van der Waals surface area (Å²) in [5.41, 5.74) is 3.05. The van der Waals surface area contributed by atoms with Gasteiger partial charge in [0.25, 0.3) is 0 Å². The summed E-state index contributed by atoms with van der Waals surface area (Å²) in [6.45, 7) is 0.866. The van der Waals surface area contributed by atoms with Crippen LogP contribution < -0.4 is 5.32 Å². The van der Waals surface area contributed by atoms with E-state index < -0.39 is 0 Å². The van der Waals surface area contributed by atoms with E-state index in [1.807, 2.05) is 29.5 Å². The second kappa shape index (κ2) is 6.70. The third kappa shape index (κ3) is 3.71. The van der Waals surface area contributed by atoms with Crippen LogP contribution in [0, 0.1) is 5.82 Å². The first kappa shape index (κ1) is 14.7. The molecule has 0 fully saturated rings. The van der Waals surface area contributed by atoms with Crippen molar-refractivity contribution in [3.63, 3.8) is 0 Å². The highest BCUT2D eigenvalue weighted by molar-refractivity contribution is 7.14. The maximum atomic E-state index is 12.9. The van der Waals surface area contributed by atoms with Crippen molar-refractivity contribution < 1.29 is 4.39 Å². The van der Waals surface area contributed by atoms with Crippen LogP contribution in [0.5, 0.6) is 0 Å². The number of hydrogen-bond donors (Lipinski definition) is 1. The van der Waals surface area contributed by atoms with Gasteiger partial charge < -0.3 is 5.32 Å². The third-order valence-electron chi connectivity index (χ3n) is 3.32. The largest absolute Gasteiger partial charge is 0.361 e. The van der Waals surface area contributed by atoms with Gasteiger partial charge in [0.2, 0.25) is 0 Å². The van der Waals surface area contributed by atoms with E-state index in [-0.39, 0.29) is 5.82 Å². The minimum absolute atomic E-state index is 0.229. The fraction of sp³-hybridized carbons (Fsp3) is 0.250. The van der Waals surface area contributed by atoms with Crippen LogP contribution >= 0.6 is 11.3 Å². The van der Waals surface area contributed by atoms with Gasteiger partial charge in [0.05, 0.1) is 11.9 Å². The predicted molar refractivity (Wildman–Crippen MR) is 87.5 cm³/mol. The topological polar surface area (TPSA) is 42.7 Å². The molecule has 0 unspecified atom stereocenters. The summed E-state index contributed by atoms with van der Waals surface area (Å²) in [5.74, 6) is -0.229. The van der Waals surface area contributed by atoms with E-state index in [9.17, 15) is 4.39 Å². The molecule has 6 heteroatoms. The maximum Gasteiger partial charge on any atom is 0.183 e. The van der Waals surface area contributed by atoms with Crippen LogP contribution in [0.4, 0.5) is 9.52 Å². The van der Waals surface area contributed by atoms with E-state index in [0.717, 1.165) is 35.8 Å². The van der Waals surface area contributed by atoms with Gasteiger partial charge in [0.1, 0.15) is 5.82 Å². The van der Waals surface area contributed by atoms with E-state index in [0.29, 0.717) is 0 Å². The molecule has 0 aliphatic rings. The summed E-state index contributed by atoms with van der Waals surface area (Å²) in [5, 5.41) is 10.4. The second-order valence-electron chi connectivity index (χ2n) is 5.10. The fourth-order valence-corrected chi connectivity index (χ4v) is 2.95. The van der Waals surface area contributed by atoms with Gasteiger partial charge in [0, 0.05) is 30.7 Å². The van der Waals surface area contributed by atoms with Gasteiger partial charge in [-0.2, -0.15) is 5.10 Å². The molecule has 0 amide bonds. The van der Waals surface area contributed by atoms with Gasteiger partial charge in [-0.15, -0.1) is 11.3 Å². The van der Waals surface area contributed by atoms with Crippen LogP contribution in [-0.4, -0.2) is 21.3 Å². The Morgan fingerprint density at radius 3 is 2.82 bits per heavy atom. The number of nitrogens with one attached hydrogen (secondary N) is 1. The summed E-state index contributed by atoms with van der Waals surface area (Å²) < 4.78 is 14.7. The summed E-state index contributed by atoms with van der Waals surface area (Å²) in [6.07, 6.45) is 5.96. The van der Waals surface area contributed by atoms with Crippen molar-refractivity contribution in [2.75, 3.05) is 11.9 Å². The number of halogens is 1. The number of aromatic nitrogens is 3. The molecule has 2 aromatic heterocycles. The Bertz CT molecular complexity index is 733. The van der Waals surface area contributed by atoms with Crippen LogP contribution in [0.15, 0.2) is 42.0 Å². The molecule has 0 aliphatic heterocycles. The van der Waals surface area contributed by atoms with Crippen LogP contribution in [0.3, 0.4) is 0 Å². The van der Waals surface area contributed by atoms with Crippen molar-refractivity contribution in [1.82, 2.24) is 14.8 Å². The molecule has 2 heterocycles. The lowest BCUT2D eigenvalue weighted by atomic mass is 10.2. The number of aryl methyl sites for hydroxylation is 2. The van der Waals surface area contributed by atoms with Gasteiger partial charge in [-0.3, -0.25) is 4.68 Å². The van der Waals surface area contributed by atoms with E-state index in [1.54, 1.807) is 23.5 Å².